The molecule has 4 heteroatoms. The molecule has 2 heterocycles. The van der Waals surface area contributed by atoms with E-state index in [4.69, 9.17) is 4.42 Å². The first kappa shape index (κ1) is 12.9. The average Bonchev–Trinajstić information content (AvgIpc) is 3.08. The lowest BCUT2D eigenvalue weighted by Gasteiger charge is -2.08. The molecular formula is C16H17NO3. The molecule has 4 nitrogen and oxygen atoms in total. The number of aromatic amines is 1. The van der Waals surface area contributed by atoms with Crippen LogP contribution in [0.15, 0.2) is 29.0 Å². The van der Waals surface area contributed by atoms with Crippen LogP contribution in [0.5, 0.6) is 0 Å². The van der Waals surface area contributed by atoms with E-state index in [1.54, 1.807) is 12.3 Å². The third-order valence-electron chi connectivity index (χ3n) is 3.82. The second-order valence-corrected chi connectivity index (χ2v) is 5.18. The van der Waals surface area contributed by atoms with E-state index < -0.39 is 0 Å². The molecule has 0 bridgehead atoms. The molecule has 0 saturated carbocycles. The Labute approximate surface area is 117 Å². The van der Waals surface area contributed by atoms with Gasteiger partial charge in [-0.05, 0) is 31.4 Å². The summed E-state index contributed by atoms with van der Waals surface area (Å²) < 4.78 is 5.11. The highest BCUT2D eigenvalue weighted by atomic mass is 16.3. The lowest BCUT2D eigenvalue weighted by Crippen LogP contribution is -2.08. The summed E-state index contributed by atoms with van der Waals surface area (Å²) in [5, 5.41) is 0. The van der Waals surface area contributed by atoms with Crippen molar-refractivity contribution in [2.24, 2.45) is 0 Å². The predicted octanol–water partition coefficient (Wildman–Crippen LogP) is 3.33. The van der Waals surface area contributed by atoms with E-state index >= 15 is 0 Å². The first-order valence-electron chi connectivity index (χ1n) is 7.04. The Morgan fingerprint density at radius 2 is 1.65 bits per heavy atom. The molecule has 4 rings (SSSR count). The summed E-state index contributed by atoms with van der Waals surface area (Å²) in [6.07, 6.45) is 8.76. The topological polar surface area (TPSA) is 63.1 Å². The molecule has 0 aromatic carbocycles. The zero-order valence-electron chi connectivity index (χ0n) is 11.3. The maximum absolute atomic E-state index is 11.1. The normalized spacial score (nSPS) is 17.0. The van der Waals surface area contributed by atoms with Crippen LogP contribution in [0.3, 0.4) is 0 Å². The summed E-state index contributed by atoms with van der Waals surface area (Å²) >= 11 is 0. The number of furan rings is 1. The molecule has 0 saturated heterocycles. The number of aryl methyl sites for hydroxylation is 2. The summed E-state index contributed by atoms with van der Waals surface area (Å²) in [6.45, 7) is 0. The zero-order valence-corrected chi connectivity index (χ0v) is 11.3. The highest BCUT2D eigenvalue weighted by molar-refractivity contribution is 5.98. The van der Waals surface area contributed by atoms with Gasteiger partial charge in [0, 0.05) is 36.7 Å². The van der Waals surface area contributed by atoms with E-state index in [0.29, 0.717) is 12.2 Å². The monoisotopic (exact) mass is 271 g/mol. The van der Waals surface area contributed by atoms with Gasteiger partial charge in [0.2, 0.25) is 0 Å². The number of hydrogen-bond acceptors (Lipinski definition) is 3. The third kappa shape index (κ3) is 2.46. The van der Waals surface area contributed by atoms with Crippen molar-refractivity contribution in [1.82, 2.24) is 4.98 Å². The molecule has 0 spiro atoms. The lowest BCUT2D eigenvalue weighted by atomic mass is 9.97. The van der Waals surface area contributed by atoms with E-state index in [1.165, 1.54) is 0 Å². The fourth-order valence-corrected chi connectivity index (χ4v) is 2.76. The lowest BCUT2D eigenvalue weighted by molar-refractivity contribution is 0.0962. The Hall–Kier alpha value is -2.10. The standard InChI is InChI=1S/C8H9NO.C8H8O2/c10-8-3-1-2-7-6(8)4-5-9-7;9-7-2-1-3-8-6(7)4-5-10-8/h4-5,9H,1-3H2;4-5H,1-3H2. The van der Waals surface area contributed by atoms with Crippen LogP contribution in [0.4, 0.5) is 0 Å². The van der Waals surface area contributed by atoms with Gasteiger partial charge in [-0.15, -0.1) is 0 Å². The first-order chi connectivity index (χ1) is 9.75. The smallest absolute Gasteiger partial charge is 0.166 e. The molecule has 0 aliphatic heterocycles. The molecule has 0 unspecified atom stereocenters. The van der Waals surface area contributed by atoms with Crippen molar-refractivity contribution in [3.8, 4) is 0 Å². The molecule has 0 atom stereocenters. The van der Waals surface area contributed by atoms with Crippen molar-refractivity contribution < 1.29 is 14.0 Å². The molecule has 0 fully saturated rings. The van der Waals surface area contributed by atoms with Gasteiger partial charge in [-0.1, -0.05) is 0 Å². The van der Waals surface area contributed by atoms with Crippen molar-refractivity contribution in [3.05, 3.63) is 47.2 Å². The van der Waals surface area contributed by atoms with Crippen LogP contribution >= 0.6 is 0 Å². The van der Waals surface area contributed by atoms with Crippen LogP contribution < -0.4 is 0 Å². The van der Waals surface area contributed by atoms with Gasteiger partial charge in [0.1, 0.15) is 5.76 Å². The summed E-state index contributed by atoms with van der Waals surface area (Å²) in [5.74, 6) is 1.40. The molecular weight excluding hydrogens is 254 g/mol. The van der Waals surface area contributed by atoms with Crippen LogP contribution in [-0.2, 0) is 12.8 Å². The fraction of sp³-hybridized carbons (Fsp3) is 0.375. The fourth-order valence-electron chi connectivity index (χ4n) is 2.76. The Morgan fingerprint density at radius 1 is 0.900 bits per heavy atom. The van der Waals surface area contributed by atoms with Crippen molar-refractivity contribution in [1.29, 1.82) is 0 Å². The number of H-pyrrole nitrogens is 1. The maximum atomic E-state index is 11.1. The minimum Gasteiger partial charge on any atom is -0.469 e. The highest BCUT2D eigenvalue weighted by Gasteiger charge is 2.18. The number of Topliss-reactive ketones (excluding diaryl/α,β-unsaturated/α-hetero) is 2. The summed E-state index contributed by atoms with van der Waals surface area (Å²) in [6, 6.07) is 3.63. The highest BCUT2D eigenvalue weighted by Crippen LogP contribution is 2.21. The van der Waals surface area contributed by atoms with E-state index in [0.717, 1.165) is 54.7 Å². The maximum Gasteiger partial charge on any atom is 0.166 e. The number of carbonyl (C=O) groups excluding carboxylic acids is 2. The van der Waals surface area contributed by atoms with E-state index in [2.05, 4.69) is 4.98 Å². The van der Waals surface area contributed by atoms with Gasteiger partial charge in [0.15, 0.2) is 11.6 Å². The van der Waals surface area contributed by atoms with Crippen LogP contribution in [-0.4, -0.2) is 16.6 Å². The van der Waals surface area contributed by atoms with Gasteiger partial charge in [-0.3, -0.25) is 9.59 Å². The summed E-state index contributed by atoms with van der Waals surface area (Å²) in [5.41, 5.74) is 2.83. The van der Waals surface area contributed by atoms with Crippen molar-refractivity contribution >= 4 is 11.6 Å². The average molecular weight is 271 g/mol. The molecule has 20 heavy (non-hydrogen) atoms. The van der Waals surface area contributed by atoms with Crippen molar-refractivity contribution in [3.63, 3.8) is 0 Å². The summed E-state index contributed by atoms with van der Waals surface area (Å²) in [7, 11) is 0. The molecule has 1 N–H and O–H groups in total. The molecule has 0 amide bonds. The number of carbonyl (C=O) groups is 2. The molecule has 2 aliphatic rings. The zero-order chi connectivity index (χ0) is 13.9. The number of rotatable bonds is 0. The number of aromatic nitrogens is 1. The number of nitrogens with one attached hydrogen (secondary N) is 1. The second-order valence-electron chi connectivity index (χ2n) is 5.18. The first-order valence-corrected chi connectivity index (χ1v) is 7.04. The number of ketones is 2. The largest absolute Gasteiger partial charge is 0.469 e. The van der Waals surface area contributed by atoms with Gasteiger partial charge < -0.3 is 9.40 Å². The van der Waals surface area contributed by atoms with Gasteiger partial charge in [-0.25, -0.2) is 0 Å². The van der Waals surface area contributed by atoms with Crippen LogP contribution in [0.1, 0.15) is 57.9 Å². The minimum absolute atomic E-state index is 0.231. The molecule has 2 aromatic rings. The SMILES string of the molecule is O=C1CCCc2[nH]ccc21.O=C1CCCc2occc21. The number of hydrogen-bond donors (Lipinski definition) is 1. The summed E-state index contributed by atoms with van der Waals surface area (Å²) in [4.78, 5) is 25.3. The Balaban J connectivity index is 0.000000121. The Kier molecular flexibility index (Phi) is 3.54. The van der Waals surface area contributed by atoms with Crippen molar-refractivity contribution in [2.75, 3.05) is 0 Å². The Bertz CT molecular complexity index is 579. The molecule has 2 aromatic heterocycles. The van der Waals surface area contributed by atoms with Gasteiger partial charge in [0.05, 0.1) is 11.8 Å². The van der Waals surface area contributed by atoms with Gasteiger partial charge in [-0.2, -0.15) is 0 Å². The molecule has 0 radical (unpaired) electrons. The quantitative estimate of drug-likeness (QED) is 0.799. The second kappa shape index (κ2) is 5.49. The van der Waals surface area contributed by atoms with Crippen LogP contribution in [0.2, 0.25) is 0 Å². The number of fused-ring (bicyclic) bond motifs is 2. The van der Waals surface area contributed by atoms with Gasteiger partial charge >= 0.3 is 0 Å². The van der Waals surface area contributed by atoms with Crippen LogP contribution in [0.25, 0.3) is 0 Å². The molecule has 2 aliphatic carbocycles. The van der Waals surface area contributed by atoms with Gasteiger partial charge in [0.25, 0.3) is 0 Å². The van der Waals surface area contributed by atoms with Crippen molar-refractivity contribution in [2.45, 2.75) is 38.5 Å². The predicted molar refractivity (Wildman–Crippen MR) is 74.0 cm³/mol. The molecule has 104 valence electrons. The van der Waals surface area contributed by atoms with E-state index in [-0.39, 0.29) is 5.78 Å². The van der Waals surface area contributed by atoms with E-state index in [9.17, 15) is 9.59 Å². The van der Waals surface area contributed by atoms with Crippen LogP contribution in [0, 0.1) is 0 Å². The Morgan fingerprint density at radius 3 is 2.40 bits per heavy atom. The third-order valence-corrected chi connectivity index (χ3v) is 3.82. The van der Waals surface area contributed by atoms with E-state index in [1.807, 2.05) is 12.3 Å². The minimum atomic E-state index is 0.231.